The van der Waals surface area contributed by atoms with Gasteiger partial charge in [0.25, 0.3) is 0 Å². The second-order valence-corrected chi connectivity index (χ2v) is 7.16. The van der Waals surface area contributed by atoms with Crippen LogP contribution in [0.2, 0.25) is 0 Å². The summed E-state index contributed by atoms with van der Waals surface area (Å²) in [4.78, 5) is 4.47. The van der Waals surface area contributed by atoms with Gasteiger partial charge in [-0.1, -0.05) is 25.2 Å². The number of thiophene rings is 1. The summed E-state index contributed by atoms with van der Waals surface area (Å²) >= 11 is 1.11. The van der Waals surface area contributed by atoms with Gasteiger partial charge in [0.15, 0.2) is 0 Å². The molecular formula is C23H31NO2S. The summed E-state index contributed by atoms with van der Waals surface area (Å²) in [5.74, 6) is 0.312. The van der Waals surface area contributed by atoms with Crippen LogP contribution in [-0.4, -0.2) is 24.3 Å². The van der Waals surface area contributed by atoms with Gasteiger partial charge in [0.2, 0.25) is 0 Å². The van der Waals surface area contributed by atoms with Crippen LogP contribution >= 0.6 is 11.3 Å². The predicted octanol–water partition coefficient (Wildman–Crippen LogP) is 5.93. The number of hydrogen-bond donors (Lipinski definition) is 0. The quantitative estimate of drug-likeness (QED) is 0.578. The molecule has 2 aliphatic rings. The van der Waals surface area contributed by atoms with Gasteiger partial charge in [0.05, 0.1) is 12.7 Å². The lowest BCUT2D eigenvalue weighted by atomic mass is 9.67. The maximum absolute atomic E-state index is 9.41. The van der Waals surface area contributed by atoms with Gasteiger partial charge in [-0.15, -0.1) is 11.3 Å². The van der Waals surface area contributed by atoms with Gasteiger partial charge < -0.3 is 9.47 Å². The average Bonchev–Trinajstić information content (AvgIpc) is 3.37. The minimum absolute atomic E-state index is 0.189. The number of ether oxygens (including phenoxy) is 2. The van der Waals surface area contributed by atoms with Crippen LogP contribution in [0.1, 0.15) is 87.3 Å². The Kier molecular flexibility index (Phi) is 2.63. The Balaban J connectivity index is 1.93. The molecule has 2 aromatic heterocycles. The first-order chi connectivity index (χ1) is 18.6. The van der Waals surface area contributed by atoms with Gasteiger partial charge >= 0.3 is 0 Å². The van der Waals surface area contributed by atoms with Gasteiger partial charge in [-0.05, 0) is 68.3 Å². The number of aryl methyl sites for hydroxylation is 1. The number of hydrogen-bond acceptors (Lipinski definition) is 4. The van der Waals surface area contributed by atoms with Crippen molar-refractivity contribution in [1.82, 2.24) is 4.98 Å². The second kappa shape index (κ2) is 8.32. The molecule has 1 aliphatic heterocycles. The molecule has 1 saturated carbocycles. The minimum atomic E-state index is -3.63. The van der Waals surface area contributed by atoms with E-state index in [-0.39, 0.29) is 23.4 Å². The zero-order valence-corrected chi connectivity index (χ0v) is 15.8. The fraction of sp³-hybridized carbons (Fsp3) is 0.609. The Bertz CT molecular complexity index is 1260. The van der Waals surface area contributed by atoms with E-state index in [1.807, 2.05) is 0 Å². The molecule has 1 saturated heterocycles. The van der Waals surface area contributed by atoms with Crippen molar-refractivity contribution in [2.75, 3.05) is 13.7 Å². The molecule has 3 nitrogen and oxygen atoms in total. The highest BCUT2D eigenvalue weighted by molar-refractivity contribution is 7.10. The summed E-state index contributed by atoms with van der Waals surface area (Å²) in [6.45, 7) is -1.10. The van der Waals surface area contributed by atoms with E-state index in [4.69, 9.17) is 25.9 Å². The van der Waals surface area contributed by atoms with E-state index in [0.717, 1.165) is 11.3 Å². The molecule has 1 spiro atoms. The highest BCUT2D eigenvalue weighted by Gasteiger charge is 2.48. The molecule has 0 unspecified atom stereocenters. The van der Waals surface area contributed by atoms with Crippen molar-refractivity contribution in [3.63, 3.8) is 0 Å². The molecule has 0 amide bonds. The monoisotopic (exact) mass is 399 g/mol. The van der Waals surface area contributed by atoms with Crippen LogP contribution in [-0.2, 0) is 16.5 Å². The molecule has 2 fully saturated rings. The normalized spacial score (nSPS) is 43.7. The SMILES string of the molecule is [2H]C([2H])(CCC[C@@]1(c2ccccn2)C([2H])([2H])COC2(C([2H])([2H])C([2H])([2H])C([2H])([2H])C2([2H])[2H])C1([2H])[2H])c1sccc1OC. The van der Waals surface area contributed by atoms with Crippen LogP contribution in [0.15, 0.2) is 35.8 Å². The first-order valence-corrected chi connectivity index (χ1v) is 9.63. The molecule has 4 rings (SSSR count). The standard InChI is InChI=1S/C23H31NO2S/c1-25-19-10-17-27-20(19)8-2-4-11-22(21-9-3-7-15-24-21)14-16-26-23(18-22)12-5-6-13-23/h3,7,9-10,15,17H,2,4-6,8,11-14,16,18H2,1H3/t22-/m1/s1/i5D2,6D2,8D2,12D2,13D2,14D2,18D2. The largest absolute Gasteiger partial charge is 0.496 e. The molecule has 1 atom stereocenters. The predicted molar refractivity (Wildman–Crippen MR) is 111 cm³/mol. The van der Waals surface area contributed by atoms with E-state index >= 15 is 0 Å². The van der Waals surface area contributed by atoms with Crippen LogP contribution in [0.5, 0.6) is 5.75 Å². The summed E-state index contributed by atoms with van der Waals surface area (Å²) < 4.78 is 133. The first-order valence-electron chi connectivity index (χ1n) is 15.7. The van der Waals surface area contributed by atoms with E-state index in [1.165, 1.54) is 31.5 Å². The van der Waals surface area contributed by atoms with E-state index < -0.39 is 68.7 Å². The summed E-state index contributed by atoms with van der Waals surface area (Å²) in [6, 6.07) is 5.84. The lowest BCUT2D eigenvalue weighted by Gasteiger charge is -2.46. The summed E-state index contributed by atoms with van der Waals surface area (Å²) in [7, 11) is 1.39. The van der Waals surface area contributed by atoms with Crippen molar-refractivity contribution >= 4 is 11.3 Å². The van der Waals surface area contributed by atoms with Crippen molar-refractivity contribution in [1.29, 1.82) is 0 Å². The molecule has 3 heterocycles. The van der Waals surface area contributed by atoms with E-state index in [2.05, 4.69) is 4.98 Å². The molecule has 1 aliphatic carbocycles. The maximum Gasteiger partial charge on any atom is 0.132 e. The zero-order chi connectivity index (χ0) is 31.1. The lowest BCUT2D eigenvalue weighted by molar-refractivity contribution is -0.104. The third-order valence-electron chi connectivity index (χ3n) is 4.56. The third-order valence-corrected chi connectivity index (χ3v) is 5.41. The van der Waals surface area contributed by atoms with Crippen molar-refractivity contribution < 1.29 is 28.7 Å². The minimum Gasteiger partial charge on any atom is -0.496 e. The Hall–Kier alpha value is -1.39. The van der Waals surface area contributed by atoms with Crippen LogP contribution in [0.3, 0.4) is 0 Å². The number of aromatic nitrogens is 1. The van der Waals surface area contributed by atoms with Crippen molar-refractivity contribution in [2.24, 2.45) is 0 Å². The topological polar surface area (TPSA) is 31.4 Å². The number of rotatable bonds is 7. The molecule has 146 valence electrons. The van der Waals surface area contributed by atoms with Crippen LogP contribution in [0.4, 0.5) is 0 Å². The van der Waals surface area contributed by atoms with Crippen LogP contribution in [0, 0.1) is 0 Å². The zero-order valence-electron chi connectivity index (χ0n) is 29.0. The Morgan fingerprint density at radius 3 is 2.93 bits per heavy atom. The summed E-state index contributed by atoms with van der Waals surface area (Å²) in [5.41, 5.74) is -6.22. The van der Waals surface area contributed by atoms with E-state index in [1.54, 1.807) is 11.4 Å². The molecule has 27 heavy (non-hydrogen) atoms. The van der Waals surface area contributed by atoms with E-state index in [9.17, 15) is 2.74 Å². The Morgan fingerprint density at radius 2 is 2.15 bits per heavy atom. The first kappa shape index (κ1) is 8.54. The fourth-order valence-electron chi connectivity index (χ4n) is 3.24. The number of nitrogens with zero attached hydrogens (tertiary/aromatic N) is 1. The second-order valence-electron chi connectivity index (χ2n) is 6.24. The van der Waals surface area contributed by atoms with E-state index in [0.29, 0.717) is 5.75 Å². The van der Waals surface area contributed by atoms with Gasteiger partial charge in [-0.2, -0.15) is 0 Å². The molecule has 0 bridgehead atoms. The number of pyridine rings is 1. The lowest BCUT2D eigenvalue weighted by Crippen LogP contribution is -2.46. The van der Waals surface area contributed by atoms with Gasteiger partial charge in [-0.25, -0.2) is 0 Å². The maximum atomic E-state index is 9.41. The van der Waals surface area contributed by atoms with Crippen LogP contribution < -0.4 is 4.74 Å². The molecule has 4 heteroatoms. The molecular weight excluding hydrogens is 354 g/mol. The third kappa shape index (κ3) is 4.07. The van der Waals surface area contributed by atoms with Crippen molar-refractivity contribution in [3.8, 4) is 5.75 Å². The molecule has 0 aromatic carbocycles. The fourth-order valence-corrected chi connectivity index (χ4v) is 4.02. The highest BCUT2D eigenvalue weighted by atomic mass is 32.1. The molecule has 0 N–H and O–H groups in total. The van der Waals surface area contributed by atoms with Gasteiger partial charge in [-0.3, -0.25) is 4.98 Å². The highest BCUT2D eigenvalue weighted by Crippen LogP contribution is 2.50. The molecule has 0 radical (unpaired) electrons. The Labute approximate surface area is 186 Å². The van der Waals surface area contributed by atoms with Crippen LogP contribution in [0.25, 0.3) is 0 Å². The van der Waals surface area contributed by atoms with Gasteiger partial charge in [0.1, 0.15) is 5.75 Å². The summed E-state index contributed by atoms with van der Waals surface area (Å²) in [6.07, 6.45) is -22.3. The van der Waals surface area contributed by atoms with Crippen molar-refractivity contribution in [3.05, 3.63) is 46.4 Å². The van der Waals surface area contributed by atoms with Crippen molar-refractivity contribution in [2.45, 2.75) is 74.9 Å². The summed E-state index contributed by atoms with van der Waals surface area (Å²) in [5, 5.41) is 1.65. The molecule has 2 aromatic rings. The Morgan fingerprint density at radius 1 is 1.26 bits per heavy atom. The smallest absolute Gasteiger partial charge is 0.132 e. The number of methoxy groups -OCH3 is 1. The van der Waals surface area contributed by atoms with Gasteiger partial charge in [0, 0.05) is 48.0 Å². The average molecular weight is 400 g/mol.